The quantitative estimate of drug-likeness (QED) is 0.216. The van der Waals surface area contributed by atoms with Crippen molar-refractivity contribution in [3.8, 4) is 22.6 Å². The van der Waals surface area contributed by atoms with Crippen LogP contribution in [0.25, 0.3) is 11.1 Å². The van der Waals surface area contributed by atoms with Gasteiger partial charge in [-0.25, -0.2) is 9.59 Å². The van der Waals surface area contributed by atoms with Gasteiger partial charge in [-0.05, 0) is 47.0 Å². The molecule has 0 bridgehead atoms. The largest absolute Gasteiger partial charge is 0.490 e. The Labute approximate surface area is 265 Å². The molecule has 0 atom stereocenters. The van der Waals surface area contributed by atoms with E-state index in [4.69, 9.17) is 29.3 Å². The third kappa shape index (κ3) is 11.5. The lowest BCUT2D eigenvalue weighted by atomic mass is 10.0. The molecule has 0 spiro atoms. The number of hydrogen-bond donors (Lipinski definition) is 4. The van der Waals surface area contributed by atoms with Crippen LogP contribution in [0.5, 0.6) is 11.5 Å². The van der Waals surface area contributed by atoms with Crippen molar-refractivity contribution in [2.24, 2.45) is 0 Å². The summed E-state index contributed by atoms with van der Waals surface area (Å²) >= 11 is 0. The number of rotatable bonds is 6. The Balaban J connectivity index is 0.000000360. The van der Waals surface area contributed by atoms with Crippen LogP contribution in [-0.2, 0) is 22.7 Å². The average molecular weight is 673 g/mol. The number of amides is 1. The van der Waals surface area contributed by atoms with Gasteiger partial charge < -0.3 is 34.8 Å². The summed E-state index contributed by atoms with van der Waals surface area (Å²) in [5.41, 5.74) is 5.35. The van der Waals surface area contributed by atoms with Gasteiger partial charge in [-0.2, -0.15) is 26.3 Å². The number of hydrogen-bond acceptors (Lipinski definition) is 6. The van der Waals surface area contributed by atoms with Gasteiger partial charge in [0, 0.05) is 30.8 Å². The van der Waals surface area contributed by atoms with E-state index in [1.807, 2.05) is 12.1 Å². The average Bonchev–Trinajstić information content (AvgIpc) is 3.48. The summed E-state index contributed by atoms with van der Waals surface area (Å²) in [6, 6.07) is 22.5. The first-order valence-electron chi connectivity index (χ1n) is 14.0. The number of benzene rings is 3. The highest BCUT2D eigenvalue weighted by atomic mass is 19.4. The molecule has 0 saturated carbocycles. The minimum absolute atomic E-state index is 0.131. The van der Waals surface area contributed by atoms with E-state index in [1.54, 1.807) is 18.2 Å². The van der Waals surface area contributed by atoms with E-state index in [1.165, 1.54) is 11.1 Å². The molecule has 47 heavy (non-hydrogen) atoms. The molecule has 10 nitrogen and oxygen atoms in total. The number of quaternary nitrogens is 1. The molecule has 3 aromatic rings. The van der Waals surface area contributed by atoms with Crippen LogP contribution in [0.15, 0.2) is 66.7 Å². The maximum absolute atomic E-state index is 12.6. The molecule has 16 heteroatoms. The first-order valence-corrected chi connectivity index (χ1v) is 14.0. The van der Waals surface area contributed by atoms with Crippen molar-refractivity contribution in [1.29, 1.82) is 0 Å². The van der Waals surface area contributed by atoms with Crippen LogP contribution < -0.4 is 20.1 Å². The summed E-state index contributed by atoms with van der Waals surface area (Å²) in [4.78, 5) is 30.4. The summed E-state index contributed by atoms with van der Waals surface area (Å²) in [5.74, 6) is -4.36. The van der Waals surface area contributed by atoms with Gasteiger partial charge in [0.2, 0.25) is 6.79 Å². The monoisotopic (exact) mass is 672 g/mol. The van der Waals surface area contributed by atoms with Crippen molar-refractivity contribution in [2.45, 2.75) is 25.4 Å². The first kappa shape index (κ1) is 36.6. The molecule has 254 valence electrons. The third-order valence-electron chi connectivity index (χ3n) is 6.98. The molecule has 2 aliphatic rings. The van der Waals surface area contributed by atoms with Crippen LogP contribution in [0.1, 0.15) is 21.5 Å². The van der Waals surface area contributed by atoms with Gasteiger partial charge >= 0.3 is 24.3 Å². The number of ether oxygens (including phenoxy) is 2. The zero-order chi connectivity index (χ0) is 34.8. The number of alkyl halides is 6. The number of nitrogens with one attached hydrogen (secondary N) is 2. The Morgan fingerprint density at radius 1 is 0.787 bits per heavy atom. The molecular formula is C31H32F6N3O7+. The number of aliphatic carboxylic acids is 2. The van der Waals surface area contributed by atoms with Crippen molar-refractivity contribution in [2.75, 3.05) is 40.0 Å². The van der Waals surface area contributed by atoms with E-state index < -0.39 is 24.3 Å². The van der Waals surface area contributed by atoms with Crippen LogP contribution in [0, 0.1) is 0 Å². The zero-order valence-electron chi connectivity index (χ0n) is 25.0. The van der Waals surface area contributed by atoms with Crippen molar-refractivity contribution in [3.63, 3.8) is 0 Å². The molecule has 0 aromatic heterocycles. The van der Waals surface area contributed by atoms with Gasteiger partial charge in [0.05, 0.1) is 20.1 Å². The Hall–Kier alpha value is -4.83. The molecule has 4 N–H and O–H groups in total. The van der Waals surface area contributed by atoms with E-state index in [9.17, 15) is 31.1 Å². The first-order chi connectivity index (χ1) is 22.0. The second-order valence-corrected chi connectivity index (χ2v) is 10.7. The van der Waals surface area contributed by atoms with Crippen molar-refractivity contribution < 1.29 is 64.9 Å². The lowest BCUT2D eigenvalue weighted by Gasteiger charge is -2.38. The maximum Gasteiger partial charge on any atom is 0.490 e. The molecule has 1 fully saturated rings. The fraction of sp³-hybridized carbons (Fsp3) is 0.323. The number of likely N-dealkylation sites (N-methyl/N-ethyl adjacent to an activating group) is 1. The Bertz CT molecular complexity index is 1530. The van der Waals surface area contributed by atoms with E-state index in [0.29, 0.717) is 23.6 Å². The number of fused-ring (bicyclic) bond motifs is 1. The molecule has 2 heterocycles. The standard InChI is InChI=1S/C27H29N3O3.2C2HF3O2/c1-30(12-10-28-11-13-30)18-21-5-3-7-23(15-21)22-6-2-4-20(14-22)17-29-27(31)24-8-9-25-26(16-24)33-19-32-25;2*3-2(4,5)1(6)7/h2-9,14-16,28H,10-13,17-19H2,1H3;2*(H,6,7)/p+1. The fourth-order valence-corrected chi connectivity index (χ4v) is 4.57. The number of nitrogens with zero attached hydrogens (tertiary/aromatic N) is 1. The summed E-state index contributed by atoms with van der Waals surface area (Å²) < 4.78 is 75.2. The van der Waals surface area contributed by atoms with E-state index in [-0.39, 0.29) is 12.7 Å². The van der Waals surface area contributed by atoms with E-state index in [2.05, 4.69) is 54.1 Å². The molecule has 0 unspecified atom stereocenters. The highest BCUT2D eigenvalue weighted by Crippen LogP contribution is 2.32. The summed E-state index contributed by atoms with van der Waals surface area (Å²) in [7, 11) is 2.34. The Kier molecular flexibility index (Phi) is 12.2. The SMILES string of the molecule is C[N+]1(Cc2cccc(-c3cccc(CNC(=O)c4ccc5c(c4)OCO5)c3)c2)CCNCC1.O=C(O)C(F)(F)F.O=C(O)C(F)(F)F. The number of halogens is 6. The summed E-state index contributed by atoms with van der Waals surface area (Å²) in [6.45, 7) is 6.17. The van der Waals surface area contributed by atoms with Crippen molar-refractivity contribution >= 4 is 17.8 Å². The highest BCUT2D eigenvalue weighted by molar-refractivity contribution is 5.94. The second kappa shape index (κ2) is 15.6. The van der Waals surface area contributed by atoms with Gasteiger partial charge in [-0.3, -0.25) is 4.79 Å². The molecule has 1 saturated heterocycles. The second-order valence-electron chi connectivity index (χ2n) is 10.7. The lowest BCUT2D eigenvalue weighted by Crippen LogP contribution is -2.55. The van der Waals surface area contributed by atoms with E-state index in [0.717, 1.165) is 48.3 Å². The van der Waals surface area contributed by atoms with Crippen LogP contribution in [0.4, 0.5) is 26.3 Å². The predicted octanol–water partition coefficient (Wildman–Crippen LogP) is 4.83. The number of carboxylic acids is 2. The normalized spacial score (nSPS) is 14.9. The van der Waals surface area contributed by atoms with Crippen molar-refractivity contribution in [3.05, 3.63) is 83.4 Å². The molecule has 2 aliphatic heterocycles. The van der Waals surface area contributed by atoms with Crippen molar-refractivity contribution in [1.82, 2.24) is 10.6 Å². The summed E-state index contributed by atoms with van der Waals surface area (Å²) in [5, 5.41) is 20.7. The van der Waals surface area contributed by atoms with Gasteiger partial charge in [-0.1, -0.05) is 36.4 Å². The summed E-state index contributed by atoms with van der Waals surface area (Å²) in [6.07, 6.45) is -10.2. The van der Waals surface area contributed by atoms with Gasteiger partial charge in [0.1, 0.15) is 6.54 Å². The zero-order valence-corrected chi connectivity index (χ0v) is 25.0. The number of carboxylic acid groups (broad SMARTS) is 2. The van der Waals surface area contributed by atoms with Crippen LogP contribution in [0.3, 0.4) is 0 Å². The van der Waals surface area contributed by atoms with Gasteiger partial charge in [-0.15, -0.1) is 0 Å². The van der Waals surface area contributed by atoms with Crippen LogP contribution >= 0.6 is 0 Å². The highest BCUT2D eigenvalue weighted by Gasteiger charge is 2.39. The van der Waals surface area contributed by atoms with E-state index >= 15 is 0 Å². The Morgan fingerprint density at radius 3 is 1.85 bits per heavy atom. The molecule has 3 aromatic carbocycles. The smallest absolute Gasteiger partial charge is 0.475 e. The Morgan fingerprint density at radius 2 is 1.30 bits per heavy atom. The van der Waals surface area contributed by atoms with Crippen LogP contribution in [0.2, 0.25) is 0 Å². The maximum atomic E-state index is 12.6. The topological polar surface area (TPSA) is 134 Å². The fourth-order valence-electron chi connectivity index (χ4n) is 4.57. The molecular weight excluding hydrogens is 640 g/mol. The number of carbonyl (C=O) groups is 3. The number of carbonyl (C=O) groups excluding carboxylic acids is 1. The minimum Gasteiger partial charge on any atom is -0.475 e. The van der Waals surface area contributed by atoms with Gasteiger partial charge in [0.25, 0.3) is 5.91 Å². The number of piperazine rings is 1. The molecule has 5 rings (SSSR count). The molecule has 1 amide bonds. The van der Waals surface area contributed by atoms with Gasteiger partial charge in [0.15, 0.2) is 11.5 Å². The lowest BCUT2D eigenvalue weighted by molar-refractivity contribution is -0.924. The third-order valence-corrected chi connectivity index (χ3v) is 6.98. The minimum atomic E-state index is -5.08. The molecule has 0 radical (unpaired) electrons. The molecule has 0 aliphatic carbocycles. The predicted molar refractivity (Wildman–Crippen MR) is 155 cm³/mol. The van der Waals surface area contributed by atoms with Crippen LogP contribution in [-0.4, -0.2) is 84.9 Å².